The van der Waals surface area contributed by atoms with Crippen molar-refractivity contribution in [2.75, 3.05) is 26.3 Å². The summed E-state index contributed by atoms with van der Waals surface area (Å²) in [6, 6.07) is 1.71. The van der Waals surface area contributed by atoms with Crippen molar-refractivity contribution >= 4 is 5.91 Å². The van der Waals surface area contributed by atoms with E-state index < -0.39 is 0 Å². The zero-order valence-electron chi connectivity index (χ0n) is 12.2. The molecule has 5 heteroatoms. The van der Waals surface area contributed by atoms with Gasteiger partial charge in [-0.05, 0) is 25.8 Å². The van der Waals surface area contributed by atoms with Gasteiger partial charge in [-0.1, -0.05) is 11.8 Å². The molecule has 1 aromatic rings. The number of amides is 1. The zero-order valence-corrected chi connectivity index (χ0v) is 12.2. The number of rotatable bonds is 3. The highest BCUT2D eigenvalue weighted by atomic mass is 16.5. The van der Waals surface area contributed by atoms with Crippen LogP contribution in [0.2, 0.25) is 0 Å². The van der Waals surface area contributed by atoms with Crippen LogP contribution in [0, 0.1) is 11.8 Å². The Bertz CT molecular complexity index is 546. The van der Waals surface area contributed by atoms with Crippen LogP contribution in [0.15, 0.2) is 18.5 Å². The molecule has 112 valence electrons. The minimum atomic E-state index is -0.208. The lowest BCUT2D eigenvalue weighted by molar-refractivity contribution is 0.00723. The van der Waals surface area contributed by atoms with Gasteiger partial charge in [0.1, 0.15) is 6.61 Å². The largest absolute Gasteiger partial charge is 0.384 e. The van der Waals surface area contributed by atoms with Gasteiger partial charge in [-0.15, -0.1) is 0 Å². The smallest absolute Gasteiger partial charge is 0.255 e. The fourth-order valence-electron chi connectivity index (χ4n) is 2.44. The molecule has 2 heterocycles. The lowest BCUT2D eigenvalue weighted by Gasteiger charge is -2.32. The molecule has 1 aliphatic heterocycles. The Balaban J connectivity index is 2.08. The predicted molar refractivity (Wildman–Crippen MR) is 78.8 cm³/mol. The number of carbonyl (C=O) groups excluding carboxylic acids is 1. The predicted octanol–water partition coefficient (Wildman–Crippen LogP) is 1.07. The van der Waals surface area contributed by atoms with E-state index in [4.69, 9.17) is 9.84 Å². The number of pyridine rings is 1. The molecular weight excluding hydrogens is 268 g/mol. The van der Waals surface area contributed by atoms with Gasteiger partial charge in [0.15, 0.2) is 0 Å². The fourth-order valence-corrected chi connectivity index (χ4v) is 2.44. The van der Waals surface area contributed by atoms with Crippen molar-refractivity contribution < 1.29 is 14.6 Å². The van der Waals surface area contributed by atoms with Gasteiger partial charge in [0.25, 0.3) is 5.91 Å². The number of aliphatic hydroxyl groups is 1. The number of aliphatic hydroxyl groups excluding tert-OH is 1. The molecule has 2 rings (SSSR count). The first kappa shape index (κ1) is 15.5. The number of piperidine rings is 1. The maximum Gasteiger partial charge on any atom is 0.255 e. The molecule has 1 aliphatic rings. The molecule has 21 heavy (non-hydrogen) atoms. The van der Waals surface area contributed by atoms with Crippen LogP contribution in [0.3, 0.4) is 0 Å². The molecule has 1 fully saturated rings. The monoisotopic (exact) mass is 288 g/mol. The number of aromatic nitrogens is 1. The lowest BCUT2D eigenvalue weighted by Crippen LogP contribution is -2.43. The molecule has 1 saturated heterocycles. The van der Waals surface area contributed by atoms with Gasteiger partial charge in [0.05, 0.1) is 11.7 Å². The van der Waals surface area contributed by atoms with Crippen LogP contribution in [0.25, 0.3) is 0 Å². The third kappa shape index (κ3) is 4.28. The maximum atomic E-state index is 12.5. The van der Waals surface area contributed by atoms with Crippen molar-refractivity contribution in [3.8, 4) is 11.8 Å². The van der Waals surface area contributed by atoms with Crippen molar-refractivity contribution in [2.45, 2.75) is 25.9 Å². The van der Waals surface area contributed by atoms with Gasteiger partial charge in [0, 0.05) is 37.7 Å². The second kappa shape index (κ2) is 7.77. The second-order valence-electron chi connectivity index (χ2n) is 4.89. The Kier molecular flexibility index (Phi) is 5.73. The van der Waals surface area contributed by atoms with Gasteiger partial charge in [0.2, 0.25) is 0 Å². The molecular formula is C16H20N2O3. The molecule has 0 aromatic carbocycles. The second-order valence-corrected chi connectivity index (χ2v) is 4.89. The standard InChI is InChI=1S/C16H20N2O3/c1-2-21-15-6-3-7-18(12-15)16(20)14-9-13(5-4-8-19)10-17-11-14/h9-11,15,19H,2-3,6-8,12H2,1H3. The van der Waals surface area contributed by atoms with E-state index in [1.807, 2.05) is 11.8 Å². The van der Waals surface area contributed by atoms with E-state index in [-0.39, 0.29) is 18.6 Å². The van der Waals surface area contributed by atoms with Crippen LogP contribution in [0.5, 0.6) is 0 Å². The summed E-state index contributed by atoms with van der Waals surface area (Å²) in [4.78, 5) is 18.4. The number of likely N-dealkylation sites (tertiary alicyclic amines) is 1. The van der Waals surface area contributed by atoms with Crippen molar-refractivity contribution in [1.29, 1.82) is 0 Å². The van der Waals surface area contributed by atoms with E-state index in [2.05, 4.69) is 16.8 Å². The number of carbonyl (C=O) groups is 1. The summed E-state index contributed by atoms with van der Waals surface area (Å²) in [5, 5.41) is 8.71. The summed E-state index contributed by atoms with van der Waals surface area (Å²) < 4.78 is 5.62. The SMILES string of the molecule is CCOC1CCCN(C(=O)c2cncc(C#CCO)c2)C1. The van der Waals surface area contributed by atoms with E-state index in [1.54, 1.807) is 18.5 Å². The first-order valence-corrected chi connectivity index (χ1v) is 7.20. The van der Waals surface area contributed by atoms with E-state index in [0.717, 1.165) is 19.4 Å². The molecule has 1 amide bonds. The van der Waals surface area contributed by atoms with Crippen LogP contribution in [-0.2, 0) is 4.74 Å². The Hall–Kier alpha value is -1.90. The van der Waals surface area contributed by atoms with Crippen molar-refractivity contribution in [1.82, 2.24) is 9.88 Å². The number of hydrogen-bond acceptors (Lipinski definition) is 4. The molecule has 1 atom stereocenters. The summed E-state index contributed by atoms with van der Waals surface area (Å²) in [6.07, 6.45) is 5.21. The van der Waals surface area contributed by atoms with Crippen LogP contribution in [0.1, 0.15) is 35.7 Å². The molecule has 0 aliphatic carbocycles. The van der Waals surface area contributed by atoms with Crippen molar-refractivity contribution in [3.63, 3.8) is 0 Å². The maximum absolute atomic E-state index is 12.5. The van der Waals surface area contributed by atoms with E-state index >= 15 is 0 Å². The van der Waals surface area contributed by atoms with Crippen LogP contribution in [0.4, 0.5) is 0 Å². The Morgan fingerprint density at radius 3 is 3.19 bits per heavy atom. The Morgan fingerprint density at radius 1 is 1.57 bits per heavy atom. The van der Waals surface area contributed by atoms with Crippen molar-refractivity contribution in [2.24, 2.45) is 0 Å². The number of nitrogens with zero attached hydrogens (tertiary/aromatic N) is 2. The minimum absolute atomic E-state index is 0.0421. The highest BCUT2D eigenvalue weighted by Crippen LogP contribution is 2.16. The Morgan fingerprint density at radius 2 is 2.43 bits per heavy atom. The molecule has 1 aromatic heterocycles. The topological polar surface area (TPSA) is 62.7 Å². The summed E-state index contributed by atoms with van der Waals surface area (Å²) in [5.74, 6) is 5.28. The molecule has 0 saturated carbocycles. The highest BCUT2D eigenvalue weighted by Gasteiger charge is 2.24. The zero-order chi connectivity index (χ0) is 15.1. The molecule has 0 radical (unpaired) electrons. The Labute approximate surface area is 124 Å². The molecule has 0 spiro atoms. The van der Waals surface area contributed by atoms with E-state index in [0.29, 0.717) is 24.3 Å². The highest BCUT2D eigenvalue weighted by molar-refractivity contribution is 5.94. The fraction of sp³-hybridized carbons (Fsp3) is 0.500. The lowest BCUT2D eigenvalue weighted by atomic mass is 10.1. The first-order chi connectivity index (χ1) is 10.2. The van der Waals surface area contributed by atoms with E-state index in [1.165, 1.54) is 0 Å². The van der Waals surface area contributed by atoms with Gasteiger partial charge in [-0.25, -0.2) is 0 Å². The van der Waals surface area contributed by atoms with Crippen LogP contribution in [-0.4, -0.2) is 53.3 Å². The quantitative estimate of drug-likeness (QED) is 0.845. The summed E-state index contributed by atoms with van der Waals surface area (Å²) in [5.41, 5.74) is 1.16. The van der Waals surface area contributed by atoms with Crippen LogP contribution < -0.4 is 0 Å². The summed E-state index contributed by atoms with van der Waals surface area (Å²) in [6.45, 7) is 3.79. The molecule has 1 unspecified atom stereocenters. The molecule has 0 bridgehead atoms. The van der Waals surface area contributed by atoms with E-state index in [9.17, 15) is 4.79 Å². The minimum Gasteiger partial charge on any atom is -0.384 e. The van der Waals surface area contributed by atoms with Gasteiger partial charge < -0.3 is 14.7 Å². The average Bonchev–Trinajstić information content (AvgIpc) is 2.53. The first-order valence-electron chi connectivity index (χ1n) is 7.20. The van der Waals surface area contributed by atoms with Gasteiger partial charge >= 0.3 is 0 Å². The number of hydrogen-bond donors (Lipinski definition) is 1. The van der Waals surface area contributed by atoms with Gasteiger partial charge in [-0.2, -0.15) is 0 Å². The normalized spacial score (nSPS) is 18.0. The molecule has 5 nitrogen and oxygen atoms in total. The summed E-state index contributed by atoms with van der Waals surface area (Å²) in [7, 11) is 0. The van der Waals surface area contributed by atoms with Gasteiger partial charge in [-0.3, -0.25) is 9.78 Å². The third-order valence-corrected chi connectivity index (χ3v) is 3.36. The van der Waals surface area contributed by atoms with Crippen LogP contribution >= 0.6 is 0 Å². The molecule has 1 N–H and O–H groups in total. The van der Waals surface area contributed by atoms with Crippen molar-refractivity contribution in [3.05, 3.63) is 29.6 Å². The third-order valence-electron chi connectivity index (χ3n) is 3.36. The number of ether oxygens (including phenoxy) is 1. The average molecular weight is 288 g/mol. The summed E-state index contributed by atoms with van der Waals surface area (Å²) >= 11 is 0.